The number of carbonyl (C=O) groups is 1. The molecule has 0 N–H and O–H groups in total. The molecule has 0 spiro atoms. The highest BCUT2D eigenvalue weighted by Crippen LogP contribution is 2.32. The summed E-state index contributed by atoms with van der Waals surface area (Å²) in [6.45, 7) is 0. The van der Waals surface area contributed by atoms with E-state index in [0.29, 0.717) is 6.20 Å². The van der Waals surface area contributed by atoms with Gasteiger partial charge in [-0.3, -0.25) is 4.79 Å². The summed E-state index contributed by atoms with van der Waals surface area (Å²) in [6.07, 6.45) is -2.26. The summed E-state index contributed by atoms with van der Waals surface area (Å²) in [5, 5.41) is 0. The van der Waals surface area contributed by atoms with Gasteiger partial charge in [-0.1, -0.05) is 0 Å². The molecule has 76 valence electrons. The summed E-state index contributed by atoms with van der Waals surface area (Å²) in [5.74, 6) is -1.71. The molecule has 0 radical (unpaired) electrons. The lowest BCUT2D eigenvalue weighted by molar-refractivity contribution is 0.111. The summed E-state index contributed by atoms with van der Waals surface area (Å²) < 4.78 is 42.0. The van der Waals surface area contributed by atoms with E-state index in [9.17, 15) is 18.0 Å². The second-order valence-electron chi connectivity index (χ2n) is 2.36. The van der Waals surface area contributed by atoms with Crippen LogP contribution in [0.5, 0.6) is 5.75 Å². The number of aromatic nitrogens is 1. The smallest absolute Gasteiger partial charge is 0.270 e. The summed E-state index contributed by atoms with van der Waals surface area (Å²) in [7, 11) is 1.06. The zero-order valence-corrected chi connectivity index (χ0v) is 7.13. The first kappa shape index (κ1) is 10.5. The Hall–Kier alpha value is -1.59. The van der Waals surface area contributed by atoms with Crippen molar-refractivity contribution in [1.29, 1.82) is 0 Å². The Morgan fingerprint density at radius 3 is 2.64 bits per heavy atom. The van der Waals surface area contributed by atoms with Crippen LogP contribution in [0.3, 0.4) is 0 Å². The maximum absolute atomic E-state index is 12.9. The van der Waals surface area contributed by atoms with Crippen molar-refractivity contribution in [1.82, 2.24) is 4.98 Å². The van der Waals surface area contributed by atoms with Crippen molar-refractivity contribution in [3.8, 4) is 5.75 Å². The van der Waals surface area contributed by atoms with Crippen molar-refractivity contribution in [2.45, 2.75) is 6.43 Å². The Morgan fingerprint density at radius 1 is 1.57 bits per heavy atom. The standard InChI is InChI=1S/C8H6F3NO2/c1-14-7-5(3-13)12-2-4(9)6(7)8(10)11/h2-3,8H,1H3. The first-order chi connectivity index (χ1) is 6.61. The number of halogens is 3. The number of methoxy groups -OCH3 is 1. The first-order valence-corrected chi connectivity index (χ1v) is 3.57. The number of hydrogen-bond acceptors (Lipinski definition) is 3. The fourth-order valence-corrected chi connectivity index (χ4v) is 1.00. The Bertz CT molecular complexity index is 355. The van der Waals surface area contributed by atoms with E-state index in [2.05, 4.69) is 9.72 Å². The second kappa shape index (κ2) is 4.08. The van der Waals surface area contributed by atoms with Gasteiger partial charge in [-0.2, -0.15) is 0 Å². The number of alkyl halides is 2. The quantitative estimate of drug-likeness (QED) is 0.708. The lowest BCUT2D eigenvalue weighted by Gasteiger charge is -2.09. The van der Waals surface area contributed by atoms with E-state index in [1.165, 1.54) is 0 Å². The minimum atomic E-state index is -3.05. The molecule has 0 saturated carbocycles. The van der Waals surface area contributed by atoms with Gasteiger partial charge in [0.25, 0.3) is 6.43 Å². The molecule has 0 aliphatic rings. The minimum Gasteiger partial charge on any atom is -0.494 e. The van der Waals surface area contributed by atoms with E-state index in [-0.39, 0.29) is 12.0 Å². The Balaban J connectivity index is 3.42. The molecular formula is C8H6F3NO2. The molecule has 0 aliphatic heterocycles. The summed E-state index contributed by atoms with van der Waals surface area (Å²) in [5.41, 5.74) is -1.28. The average molecular weight is 205 g/mol. The van der Waals surface area contributed by atoms with Crippen LogP contribution in [0.15, 0.2) is 6.20 Å². The zero-order chi connectivity index (χ0) is 10.7. The lowest BCUT2D eigenvalue weighted by Crippen LogP contribution is -2.03. The van der Waals surface area contributed by atoms with Gasteiger partial charge in [0.05, 0.1) is 18.9 Å². The zero-order valence-electron chi connectivity index (χ0n) is 7.13. The van der Waals surface area contributed by atoms with Gasteiger partial charge in [-0.05, 0) is 0 Å². The highest BCUT2D eigenvalue weighted by atomic mass is 19.3. The van der Waals surface area contributed by atoms with Crippen LogP contribution in [0.4, 0.5) is 13.2 Å². The number of pyridine rings is 1. The Labute approximate surface area is 77.5 Å². The molecule has 0 saturated heterocycles. The van der Waals surface area contributed by atoms with Gasteiger partial charge in [0, 0.05) is 0 Å². The molecule has 1 aromatic rings. The van der Waals surface area contributed by atoms with Gasteiger partial charge < -0.3 is 4.74 Å². The molecule has 0 aliphatic carbocycles. The van der Waals surface area contributed by atoms with Gasteiger partial charge in [-0.15, -0.1) is 0 Å². The molecule has 0 bridgehead atoms. The van der Waals surface area contributed by atoms with Crippen LogP contribution >= 0.6 is 0 Å². The third kappa shape index (κ3) is 1.68. The van der Waals surface area contributed by atoms with Crippen molar-refractivity contribution in [2.24, 2.45) is 0 Å². The molecular weight excluding hydrogens is 199 g/mol. The fraction of sp³-hybridized carbons (Fsp3) is 0.250. The van der Waals surface area contributed by atoms with E-state index in [1.54, 1.807) is 0 Å². The van der Waals surface area contributed by atoms with E-state index < -0.39 is 23.6 Å². The van der Waals surface area contributed by atoms with E-state index in [0.717, 1.165) is 7.11 Å². The maximum atomic E-state index is 12.9. The molecule has 3 nitrogen and oxygen atoms in total. The first-order valence-electron chi connectivity index (χ1n) is 3.57. The van der Waals surface area contributed by atoms with Gasteiger partial charge >= 0.3 is 0 Å². The van der Waals surface area contributed by atoms with E-state index in [1.807, 2.05) is 0 Å². The monoisotopic (exact) mass is 205 g/mol. The summed E-state index contributed by atoms with van der Waals surface area (Å²) in [4.78, 5) is 13.7. The second-order valence-corrected chi connectivity index (χ2v) is 2.36. The van der Waals surface area contributed by atoms with E-state index in [4.69, 9.17) is 0 Å². The van der Waals surface area contributed by atoms with E-state index >= 15 is 0 Å². The van der Waals surface area contributed by atoms with Crippen molar-refractivity contribution in [3.63, 3.8) is 0 Å². The highest BCUT2D eigenvalue weighted by molar-refractivity contribution is 5.77. The predicted octanol–water partition coefficient (Wildman–Crippen LogP) is 1.98. The average Bonchev–Trinajstić information content (AvgIpc) is 2.16. The largest absolute Gasteiger partial charge is 0.494 e. The van der Waals surface area contributed by atoms with Gasteiger partial charge in [0.2, 0.25) is 0 Å². The third-order valence-electron chi connectivity index (χ3n) is 1.59. The topological polar surface area (TPSA) is 39.2 Å². The number of ether oxygens (including phenoxy) is 1. The third-order valence-corrected chi connectivity index (χ3v) is 1.59. The van der Waals surface area contributed by atoms with Crippen LogP contribution in [0.25, 0.3) is 0 Å². The molecule has 6 heteroatoms. The number of hydrogen-bond donors (Lipinski definition) is 0. The molecule has 0 fully saturated rings. The molecule has 0 unspecified atom stereocenters. The van der Waals surface area contributed by atoms with Crippen LogP contribution in [0.1, 0.15) is 22.5 Å². The SMILES string of the molecule is COc1c(C=O)ncc(F)c1C(F)F. The van der Waals surface area contributed by atoms with Crippen molar-refractivity contribution in [2.75, 3.05) is 7.11 Å². The number of nitrogens with zero attached hydrogens (tertiary/aromatic N) is 1. The van der Waals surface area contributed by atoms with Crippen LogP contribution < -0.4 is 4.74 Å². The normalized spacial score (nSPS) is 10.4. The van der Waals surface area contributed by atoms with Gasteiger partial charge in [0.1, 0.15) is 5.69 Å². The van der Waals surface area contributed by atoms with Crippen LogP contribution in [0, 0.1) is 5.82 Å². The predicted molar refractivity (Wildman–Crippen MR) is 41.1 cm³/mol. The fourth-order valence-electron chi connectivity index (χ4n) is 1.00. The molecule has 1 heterocycles. The summed E-state index contributed by atoms with van der Waals surface area (Å²) in [6, 6.07) is 0. The van der Waals surface area contributed by atoms with Crippen molar-refractivity contribution >= 4 is 6.29 Å². The van der Waals surface area contributed by atoms with Crippen molar-refractivity contribution < 1.29 is 22.7 Å². The number of aldehydes is 1. The molecule has 0 amide bonds. The van der Waals surface area contributed by atoms with Crippen LogP contribution in [-0.2, 0) is 0 Å². The molecule has 1 rings (SSSR count). The Kier molecular flexibility index (Phi) is 3.06. The molecule has 0 atom stereocenters. The van der Waals surface area contributed by atoms with Crippen LogP contribution in [-0.4, -0.2) is 18.4 Å². The highest BCUT2D eigenvalue weighted by Gasteiger charge is 2.22. The van der Waals surface area contributed by atoms with Crippen molar-refractivity contribution in [3.05, 3.63) is 23.3 Å². The van der Waals surface area contributed by atoms with Gasteiger partial charge in [0.15, 0.2) is 17.9 Å². The molecule has 14 heavy (non-hydrogen) atoms. The van der Waals surface area contributed by atoms with Crippen LogP contribution in [0.2, 0.25) is 0 Å². The maximum Gasteiger partial charge on any atom is 0.270 e. The minimum absolute atomic E-state index is 0.226. The number of carbonyl (C=O) groups excluding carboxylic acids is 1. The van der Waals surface area contributed by atoms with Gasteiger partial charge in [-0.25, -0.2) is 18.2 Å². The molecule has 1 aromatic heterocycles. The number of rotatable bonds is 3. The lowest BCUT2D eigenvalue weighted by atomic mass is 10.2. The molecule has 0 aromatic carbocycles. The Morgan fingerprint density at radius 2 is 2.21 bits per heavy atom. The summed E-state index contributed by atoms with van der Waals surface area (Å²) >= 11 is 0.